The van der Waals surface area contributed by atoms with Crippen molar-refractivity contribution in [2.24, 2.45) is 0 Å². The van der Waals surface area contributed by atoms with Crippen LogP contribution in [0.5, 0.6) is 0 Å². The number of nitrogens with two attached hydrogens (primary N) is 1. The van der Waals surface area contributed by atoms with Crippen LogP contribution in [0.3, 0.4) is 0 Å². The smallest absolute Gasteiger partial charge is 0.321 e. The fraction of sp³-hybridized carbons (Fsp3) is 0.500. The number of nitrogens with one attached hydrogen (secondary N) is 1. The van der Waals surface area contributed by atoms with Crippen LogP contribution in [0.2, 0.25) is 0 Å². The molecular weight excluding hydrogens is 256 g/mol. The molecule has 2 amide bonds. The molecule has 2 rings (SSSR count). The Kier molecular flexibility index (Phi) is 5.20. The Bertz CT molecular complexity index is 453. The Morgan fingerprint density at radius 2 is 2.15 bits per heavy atom. The molecule has 1 heterocycles. The van der Waals surface area contributed by atoms with E-state index in [1.807, 2.05) is 12.1 Å². The topological polar surface area (TPSA) is 81.8 Å². The molecule has 0 aliphatic carbocycles. The summed E-state index contributed by atoms with van der Waals surface area (Å²) in [5.74, 6) is 0. The number of carbonyl (C=O) groups excluding carboxylic acids is 1. The molecule has 0 bridgehead atoms. The van der Waals surface area contributed by atoms with E-state index in [2.05, 4.69) is 10.2 Å². The second kappa shape index (κ2) is 7.12. The molecule has 0 radical (unpaired) electrons. The molecule has 0 unspecified atom stereocenters. The summed E-state index contributed by atoms with van der Waals surface area (Å²) in [5, 5.41) is 11.8. The quantitative estimate of drug-likeness (QED) is 0.714. The van der Waals surface area contributed by atoms with Crippen molar-refractivity contribution in [2.75, 3.05) is 50.4 Å². The lowest BCUT2D eigenvalue weighted by molar-refractivity contribution is 0.194. The summed E-state index contributed by atoms with van der Waals surface area (Å²) >= 11 is 0. The van der Waals surface area contributed by atoms with Crippen LogP contribution in [0, 0.1) is 0 Å². The summed E-state index contributed by atoms with van der Waals surface area (Å²) in [7, 11) is 0. The third-order valence-electron chi connectivity index (χ3n) is 3.43. The summed E-state index contributed by atoms with van der Waals surface area (Å²) in [6, 6.07) is 7.07. The highest BCUT2D eigenvalue weighted by atomic mass is 16.3. The first kappa shape index (κ1) is 14.6. The molecule has 110 valence electrons. The number of anilines is 2. The van der Waals surface area contributed by atoms with Gasteiger partial charge in [0, 0.05) is 37.6 Å². The van der Waals surface area contributed by atoms with Crippen molar-refractivity contribution in [1.29, 1.82) is 0 Å². The van der Waals surface area contributed by atoms with Crippen molar-refractivity contribution in [3.8, 4) is 0 Å². The molecule has 4 N–H and O–H groups in total. The maximum Gasteiger partial charge on any atom is 0.321 e. The Hall–Kier alpha value is -1.79. The van der Waals surface area contributed by atoms with Gasteiger partial charge in [-0.05, 0) is 31.2 Å². The lowest BCUT2D eigenvalue weighted by atomic mass is 10.3. The van der Waals surface area contributed by atoms with Crippen molar-refractivity contribution in [1.82, 2.24) is 9.80 Å². The predicted molar refractivity (Wildman–Crippen MR) is 79.6 cm³/mol. The van der Waals surface area contributed by atoms with Gasteiger partial charge in [0.2, 0.25) is 0 Å². The van der Waals surface area contributed by atoms with Crippen molar-refractivity contribution in [3.63, 3.8) is 0 Å². The van der Waals surface area contributed by atoms with E-state index < -0.39 is 0 Å². The minimum atomic E-state index is -0.0959. The van der Waals surface area contributed by atoms with Crippen molar-refractivity contribution in [2.45, 2.75) is 6.42 Å². The van der Waals surface area contributed by atoms with Crippen LogP contribution in [-0.4, -0.2) is 60.3 Å². The minimum absolute atomic E-state index is 0.0959. The number of benzene rings is 1. The van der Waals surface area contributed by atoms with E-state index in [4.69, 9.17) is 10.8 Å². The molecule has 20 heavy (non-hydrogen) atoms. The van der Waals surface area contributed by atoms with Gasteiger partial charge in [0.15, 0.2) is 0 Å². The van der Waals surface area contributed by atoms with Gasteiger partial charge in [-0.1, -0.05) is 6.07 Å². The molecule has 0 saturated carbocycles. The molecule has 0 aromatic heterocycles. The highest BCUT2D eigenvalue weighted by molar-refractivity contribution is 5.89. The monoisotopic (exact) mass is 278 g/mol. The second-order valence-corrected chi connectivity index (χ2v) is 4.96. The summed E-state index contributed by atoms with van der Waals surface area (Å²) in [5.41, 5.74) is 7.04. The van der Waals surface area contributed by atoms with Gasteiger partial charge in [-0.25, -0.2) is 4.79 Å². The van der Waals surface area contributed by atoms with E-state index in [1.54, 1.807) is 17.0 Å². The molecule has 1 aliphatic heterocycles. The number of hydrogen-bond donors (Lipinski definition) is 3. The molecule has 1 aliphatic rings. The Labute approximate surface area is 119 Å². The van der Waals surface area contributed by atoms with E-state index in [0.29, 0.717) is 24.5 Å². The summed E-state index contributed by atoms with van der Waals surface area (Å²) in [6.45, 7) is 3.96. The first-order chi connectivity index (χ1) is 9.69. The van der Waals surface area contributed by atoms with Gasteiger partial charge in [-0.15, -0.1) is 0 Å². The molecule has 0 spiro atoms. The van der Waals surface area contributed by atoms with Crippen LogP contribution < -0.4 is 11.1 Å². The lowest BCUT2D eigenvalue weighted by Crippen LogP contribution is -2.38. The molecule has 6 nitrogen and oxygen atoms in total. The number of nitrogens with zero attached hydrogens (tertiary/aromatic N) is 2. The number of amides is 2. The van der Waals surface area contributed by atoms with Crippen molar-refractivity contribution >= 4 is 17.4 Å². The molecule has 0 atom stereocenters. The number of hydrogen-bond acceptors (Lipinski definition) is 4. The Morgan fingerprint density at radius 1 is 1.30 bits per heavy atom. The SMILES string of the molecule is Nc1cccc(NC(=O)N2CCCN(CCO)CC2)c1. The summed E-state index contributed by atoms with van der Waals surface area (Å²) in [4.78, 5) is 16.2. The minimum Gasteiger partial charge on any atom is -0.399 e. The summed E-state index contributed by atoms with van der Waals surface area (Å²) < 4.78 is 0. The van der Waals surface area contributed by atoms with Gasteiger partial charge in [0.25, 0.3) is 0 Å². The lowest BCUT2D eigenvalue weighted by Gasteiger charge is -2.22. The first-order valence-electron chi connectivity index (χ1n) is 6.94. The Balaban J connectivity index is 1.89. The number of rotatable bonds is 3. The number of aliphatic hydroxyl groups excluding tert-OH is 1. The van der Waals surface area contributed by atoms with Crippen LogP contribution in [0.4, 0.5) is 16.2 Å². The summed E-state index contributed by atoms with van der Waals surface area (Å²) in [6.07, 6.45) is 0.921. The first-order valence-corrected chi connectivity index (χ1v) is 6.94. The molecular formula is C14H22N4O2. The largest absolute Gasteiger partial charge is 0.399 e. The van der Waals surface area contributed by atoms with Crippen LogP contribution in [-0.2, 0) is 0 Å². The average molecular weight is 278 g/mol. The average Bonchev–Trinajstić information content (AvgIpc) is 2.65. The molecule has 1 saturated heterocycles. The predicted octanol–water partition coefficient (Wildman–Crippen LogP) is 0.801. The van der Waals surface area contributed by atoms with E-state index >= 15 is 0 Å². The third kappa shape index (κ3) is 4.11. The second-order valence-electron chi connectivity index (χ2n) is 4.96. The zero-order chi connectivity index (χ0) is 14.4. The number of β-amino-alcohol motifs (C(OH)–C–C–N with tert-alkyl or cyclic N) is 1. The van der Waals surface area contributed by atoms with E-state index in [9.17, 15) is 4.79 Å². The van der Waals surface area contributed by atoms with Gasteiger partial charge < -0.3 is 21.1 Å². The van der Waals surface area contributed by atoms with E-state index in [-0.39, 0.29) is 12.6 Å². The molecule has 1 fully saturated rings. The highest BCUT2D eigenvalue weighted by Gasteiger charge is 2.18. The maximum atomic E-state index is 12.2. The molecule has 1 aromatic rings. The fourth-order valence-corrected chi connectivity index (χ4v) is 2.36. The van der Waals surface area contributed by atoms with E-state index in [0.717, 1.165) is 26.1 Å². The van der Waals surface area contributed by atoms with Crippen LogP contribution >= 0.6 is 0 Å². The van der Waals surface area contributed by atoms with Crippen LogP contribution in [0.15, 0.2) is 24.3 Å². The maximum absolute atomic E-state index is 12.2. The number of carbonyl (C=O) groups is 1. The number of nitrogen functional groups attached to an aromatic ring is 1. The third-order valence-corrected chi connectivity index (χ3v) is 3.43. The molecule has 6 heteroatoms. The fourth-order valence-electron chi connectivity index (χ4n) is 2.36. The number of aliphatic hydroxyl groups is 1. The normalized spacial score (nSPS) is 16.8. The van der Waals surface area contributed by atoms with Gasteiger partial charge in [0.05, 0.1) is 6.61 Å². The van der Waals surface area contributed by atoms with Crippen molar-refractivity contribution < 1.29 is 9.90 Å². The molecule has 1 aromatic carbocycles. The highest BCUT2D eigenvalue weighted by Crippen LogP contribution is 2.13. The Morgan fingerprint density at radius 3 is 2.90 bits per heavy atom. The van der Waals surface area contributed by atoms with E-state index in [1.165, 1.54) is 0 Å². The standard InChI is InChI=1S/C14H22N4O2/c15-12-3-1-4-13(11-12)16-14(20)18-6-2-5-17(7-8-18)9-10-19/h1,3-4,11,19H,2,5-10,15H2,(H,16,20). The van der Waals surface area contributed by atoms with Crippen LogP contribution in [0.25, 0.3) is 0 Å². The van der Waals surface area contributed by atoms with Gasteiger partial charge in [0.1, 0.15) is 0 Å². The zero-order valence-electron chi connectivity index (χ0n) is 11.6. The van der Waals surface area contributed by atoms with Crippen LogP contribution in [0.1, 0.15) is 6.42 Å². The van der Waals surface area contributed by atoms with Gasteiger partial charge in [-0.3, -0.25) is 4.90 Å². The number of urea groups is 1. The van der Waals surface area contributed by atoms with Gasteiger partial charge >= 0.3 is 6.03 Å². The van der Waals surface area contributed by atoms with Gasteiger partial charge in [-0.2, -0.15) is 0 Å². The zero-order valence-corrected chi connectivity index (χ0v) is 11.6. The van der Waals surface area contributed by atoms with Crippen molar-refractivity contribution in [3.05, 3.63) is 24.3 Å².